The summed E-state index contributed by atoms with van der Waals surface area (Å²) in [5.74, 6) is -0.888. The molecular formula is C28H25ClFN5O3. The van der Waals surface area contributed by atoms with Crippen molar-refractivity contribution in [3.63, 3.8) is 0 Å². The molecule has 0 atom stereocenters. The Morgan fingerprint density at radius 1 is 0.868 bits per heavy atom. The lowest BCUT2D eigenvalue weighted by molar-refractivity contribution is -0.121. The maximum absolute atomic E-state index is 13.1. The van der Waals surface area contributed by atoms with Gasteiger partial charge < -0.3 is 25.8 Å². The largest absolute Gasteiger partial charge is 0.359 e. The average Bonchev–Trinajstić information content (AvgIpc) is 3.31. The smallest absolute Gasteiger partial charge is 0.323 e. The zero-order chi connectivity index (χ0) is 26.6. The number of hydrogen-bond acceptors (Lipinski definition) is 3. The molecule has 38 heavy (non-hydrogen) atoms. The van der Waals surface area contributed by atoms with Gasteiger partial charge in [0.05, 0.1) is 5.69 Å². The van der Waals surface area contributed by atoms with E-state index in [9.17, 15) is 18.8 Å². The molecule has 8 nitrogen and oxygen atoms in total. The number of H-pyrrole nitrogens is 1. The summed E-state index contributed by atoms with van der Waals surface area (Å²) in [7, 11) is 0. The van der Waals surface area contributed by atoms with Gasteiger partial charge in [0.15, 0.2) is 0 Å². The van der Waals surface area contributed by atoms with Gasteiger partial charge in [-0.3, -0.25) is 9.59 Å². The predicted molar refractivity (Wildman–Crippen MR) is 146 cm³/mol. The summed E-state index contributed by atoms with van der Waals surface area (Å²) in [6, 6.07) is 17.3. The number of amides is 4. The molecule has 1 aliphatic rings. The molecule has 0 unspecified atom stereocenters. The highest BCUT2D eigenvalue weighted by Gasteiger charge is 2.28. The van der Waals surface area contributed by atoms with Gasteiger partial charge in [-0.2, -0.15) is 0 Å². The first-order chi connectivity index (χ1) is 18.4. The van der Waals surface area contributed by atoms with Crippen molar-refractivity contribution >= 4 is 57.4 Å². The summed E-state index contributed by atoms with van der Waals surface area (Å²) < 4.78 is 13.1. The first kappa shape index (κ1) is 25.3. The lowest BCUT2D eigenvalue weighted by Crippen LogP contribution is -2.41. The van der Waals surface area contributed by atoms with Crippen LogP contribution >= 0.6 is 11.6 Å². The number of nitrogens with zero attached hydrogens (tertiary/aromatic N) is 1. The normalized spacial score (nSPS) is 13.8. The number of aromatic nitrogens is 1. The molecule has 10 heteroatoms. The van der Waals surface area contributed by atoms with Crippen molar-refractivity contribution in [2.24, 2.45) is 5.92 Å². The molecular weight excluding hydrogens is 509 g/mol. The molecule has 1 fully saturated rings. The molecule has 4 amide bonds. The fraction of sp³-hybridized carbons (Fsp3) is 0.179. The van der Waals surface area contributed by atoms with Crippen LogP contribution in [-0.4, -0.2) is 40.8 Å². The van der Waals surface area contributed by atoms with Crippen molar-refractivity contribution < 1.29 is 18.8 Å². The number of aromatic amines is 1. The van der Waals surface area contributed by atoms with Crippen LogP contribution in [0.5, 0.6) is 0 Å². The van der Waals surface area contributed by atoms with E-state index in [4.69, 9.17) is 11.6 Å². The number of rotatable bonds is 5. The van der Waals surface area contributed by atoms with Crippen molar-refractivity contribution in [3.05, 3.63) is 89.3 Å². The second-order valence-electron chi connectivity index (χ2n) is 9.11. The summed E-state index contributed by atoms with van der Waals surface area (Å²) in [4.78, 5) is 42.6. The van der Waals surface area contributed by atoms with E-state index in [1.54, 1.807) is 47.5 Å². The highest BCUT2D eigenvalue weighted by molar-refractivity contribution is 6.31. The molecule has 0 bridgehead atoms. The van der Waals surface area contributed by atoms with Gasteiger partial charge in [-0.05, 0) is 79.6 Å². The summed E-state index contributed by atoms with van der Waals surface area (Å²) >= 11 is 6.06. The summed E-state index contributed by atoms with van der Waals surface area (Å²) in [5, 5.41) is 9.85. The van der Waals surface area contributed by atoms with Gasteiger partial charge in [-0.15, -0.1) is 0 Å². The van der Waals surface area contributed by atoms with E-state index in [-0.39, 0.29) is 23.5 Å². The number of piperidine rings is 1. The third kappa shape index (κ3) is 5.78. The SMILES string of the molecule is O=C(Nc1ccc(NC(=O)C2CCN(C(=O)c3ccc(F)cc3)CC2)cc1)Nc1c[nH]c2ccc(Cl)cc12. The number of benzene rings is 3. The Morgan fingerprint density at radius 3 is 2.21 bits per heavy atom. The standard InChI is InChI=1S/C28H25ClFN5O3/c29-19-3-10-24-23(15-19)25(16-31-24)34-28(38)33-22-8-6-21(7-9-22)32-26(36)17-11-13-35(14-12-17)27(37)18-1-4-20(30)5-2-18/h1-10,15-17,31H,11-14H2,(H,32,36)(H2,33,34,38). The van der Waals surface area contributed by atoms with E-state index in [1.165, 1.54) is 24.3 Å². The Kier molecular flexibility index (Phi) is 7.28. The van der Waals surface area contributed by atoms with E-state index >= 15 is 0 Å². The predicted octanol–water partition coefficient (Wildman–Crippen LogP) is 6.10. The summed E-state index contributed by atoms with van der Waals surface area (Å²) in [6.07, 6.45) is 2.78. The lowest BCUT2D eigenvalue weighted by Gasteiger charge is -2.31. The monoisotopic (exact) mass is 533 g/mol. The number of carbonyl (C=O) groups is 3. The molecule has 2 heterocycles. The van der Waals surface area contributed by atoms with Gasteiger partial charge in [0, 0.05) is 58.1 Å². The van der Waals surface area contributed by atoms with Gasteiger partial charge in [0.1, 0.15) is 5.82 Å². The summed E-state index contributed by atoms with van der Waals surface area (Å²) in [6.45, 7) is 0.907. The average molecular weight is 534 g/mol. The van der Waals surface area contributed by atoms with Crippen molar-refractivity contribution in [1.82, 2.24) is 9.88 Å². The fourth-order valence-corrected chi connectivity index (χ4v) is 4.65. The zero-order valence-corrected chi connectivity index (χ0v) is 21.0. The molecule has 4 aromatic rings. The summed E-state index contributed by atoms with van der Waals surface area (Å²) in [5.41, 5.74) is 3.06. The van der Waals surface area contributed by atoms with Crippen molar-refractivity contribution in [3.8, 4) is 0 Å². The van der Waals surface area contributed by atoms with Crippen LogP contribution in [0.15, 0.2) is 72.9 Å². The number of fused-ring (bicyclic) bond motifs is 1. The van der Waals surface area contributed by atoms with E-state index in [0.29, 0.717) is 53.6 Å². The maximum Gasteiger partial charge on any atom is 0.323 e. The molecule has 3 aromatic carbocycles. The highest BCUT2D eigenvalue weighted by Crippen LogP contribution is 2.27. The van der Waals surface area contributed by atoms with Gasteiger partial charge >= 0.3 is 6.03 Å². The number of hydrogen-bond donors (Lipinski definition) is 4. The Bertz CT molecular complexity index is 1480. The number of nitrogens with one attached hydrogen (secondary N) is 4. The molecule has 4 N–H and O–H groups in total. The van der Waals surface area contributed by atoms with Crippen molar-refractivity contribution in [1.29, 1.82) is 0 Å². The molecule has 0 spiro atoms. The van der Waals surface area contributed by atoms with Crippen molar-refractivity contribution in [2.45, 2.75) is 12.8 Å². The van der Waals surface area contributed by atoms with E-state index in [1.807, 2.05) is 6.07 Å². The Balaban J connectivity index is 1.11. The van der Waals surface area contributed by atoms with E-state index in [0.717, 1.165) is 10.9 Å². The molecule has 0 saturated carbocycles. The Morgan fingerprint density at radius 2 is 1.53 bits per heavy atom. The molecule has 194 valence electrons. The minimum Gasteiger partial charge on any atom is -0.359 e. The quantitative estimate of drug-likeness (QED) is 0.249. The molecule has 0 aliphatic carbocycles. The van der Waals surface area contributed by atoms with Crippen molar-refractivity contribution in [2.75, 3.05) is 29.0 Å². The number of halogens is 2. The number of urea groups is 1. The van der Waals surface area contributed by atoms with Crippen LogP contribution in [0.4, 0.5) is 26.2 Å². The third-order valence-corrected chi connectivity index (χ3v) is 6.78. The Labute approximate surface area is 223 Å². The molecule has 1 aliphatic heterocycles. The van der Waals surface area contributed by atoms with Gasteiger partial charge in [0.2, 0.25) is 5.91 Å². The molecule has 0 radical (unpaired) electrons. The van der Waals surface area contributed by atoms with Crippen LogP contribution in [0.2, 0.25) is 5.02 Å². The second-order valence-corrected chi connectivity index (χ2v) is 9.55. The van der Waals surface area contributed by atoms with Crippen LogP contribution in [0.3, 0.4) is 0 Å². The third-order valence-electron chi connectivity index (χ3n) is 6.55. The first-order valence-electron chi connectivity index (χ1n) is 12.2. The van der Waals surface area contributed by atoms with Crippen LogP contribution in [0.25, 0.3) is 10.9 Å². The number of likely N-dealkylation sites (tertiary alicyclic amines) is 1. The first-order valence-corrected chi connectivity index (χ1v) is 12.5. The van der Waals surface area contributed by atoms with Gasteiger partial charge in [-0.1, -0.05) is 11.6 Å². The van der Waals surface area contributed by atoms with Crippen LogP contribution < -0.4 is 16.0 Å². The van der Waals surface area contributed by atoms with Crippen LogP contribution in [-0.2, 0) is 4.79 Å². The molecule has 1 saturated heterocycles. The number of carbonyl (C=O) groups excluding carboxylic acids is 3. The molecule has 5 rings (SSSR count). The van der Waals surface area contributed by atoms with Crippen LogP contribution in [0.1, 0.15) is 23.2 Å². The fourth-order valence-electron chi connectivity index (χ4n) is 4.48. The van der Waals surface area contributed by atoms with Crippen LogP contribution in [0, 0.1) is 11.7 Å². The minimum absolute atomic E-state index is 0.115. The Hall–Kier alpha value is -4.37. The highest BCUT2D eigenvalue weighted by atomic mass is 35.5. The van der Waals surface area contributed by atoms with E-state index < -0.39 is 6.03 Å². The van der Waals surface area contributed by atoms with Gasteiger partial charge in [-0.25, -0.2) is 9.18 Å². The van der Waals surface area contributed by atoms with E-state index in [2.05, 4.69) is 20.9 Å². The van der Waals surface area contributed by atoms with Gasteiger partial charge in [0.25, 0.3) is 5.91 Å². The number of anilines is 3. The zero-order valence-electron chi connectivity index (χ0n) is 20.3. The minimum atomic E-state index is -0.412. The molecule has 1 aromatic heterocycles. The maximum atomic E-state index is 13.1. The lowest BCUT2D eigenvalue weighted by atomic mass is 9.95. The second kappa shape index (κ2) is 10.9. The topological polar surface area (TPSA) is 106 Å².